The van der Waals surface area contributed by atoms with E-state index in [1.165, 1.54) is 0 Å². The molecule has 142 valence electrons. The van der Waals surface area contributed by atoms with Crippen molar-refractivity contribution in [3.63, 3.8) is 0 Å². The van der Waals surface area contributed by atoms with Crippen molar-refractivity contribution in [2.45, 2.75) is 52.8 Å². The van der Waals surface area contributed by atoms with Crippen LogP contribution < -0.4 is 15.5 Å². The van der Waals surface area contributed by atoms with Crippen molar-refractivity contribution in [3.05, 3.63) is 23.9 Å². The van der Waals surface area contributed by atoms with Gasteiger partial charge in [0.1, 0.15) is 5.82 Å². The molecular weight excluding hydrogens is 429 g/mol. The van der Waals surface area contributed by atoms with Crippen LogP contribution in [-0.2, 0) is 11.3 Å². The fourth-order valence-corrected chi connectivity index (χ4v) is 2.56. The Morgan fingerprint density at radius 1 is 1.40 bits per heavy atom. The number of pyridine rings is 1. The molecule has 0 aliphatic carbocycles. The number of aromatic nitrogens is 1. The second kappa shape index (κ2) is 10.2. The van der Waals surface area contributed by atoms with Crippen LogP contribution in [0, 0.1) is 0 Å². The van der Waals surface area contributed by atoms with Crippen LogP contribution in [-0.4, -0.2) is 48.8 Å². The topological polar surface area (TPSA) is 61.8 Å². The van der Waals surface area contributed by atoms with E-state index in [1.54, 1.807) is 0 Å². The molecule has 1 aliphatic rings. The summed E-state index contributed by atoms with van der Waals surface area (Å²) < 4.78 is 5.58. The molecule has 25 heavy (non-hydrogen) atoms. The van der Waals surface area contributed by atoms with Gasteiger partial charge in [-0.2, -0.15) is 0 Å². The maximum absolute atomic E-state index is 5.58. The van der Waals surface area contributed by atoms with Gasteiger partial charge in [0, 0.05) is 31.4 Å². The number of halogens is 1. The molecule has 1 aromatic rings. The maximum Gasteiger partial charge on any atom is 0.191 e. The van der Waals surface area contributed by atoms with E-state index in [4.69, 9.17) is 4.74 Å². The van der Waals surface area contributed by atoms with Gasteiger partial charge in [0.15, 0.2) is 5.96 Å². The highest BCUT2D eigenvalue weighted by atomic mass is 127. The first kappa shape index (κ1) is 22.0. The van der Waals surface area contributed by atoms with Gasteiger partial charge in [0.25, 0.3) is 0 Å². The SMILES string of the molecule is CCNC(=NCc1ccc(N2CCOC(C)C2)nc1)NC(C)(C)C.I. The van der Waals surface area contributed by atoms with Gasteiger partial charge in [-0.05, 0) is 46.2 Å². The zero-order valence-electron chi connectivity index (χ0n) is 16.0. The Morgan fingerprint density at radius 3 is 2.72 bits per heavy atom. The quantitative estimate of drug-likeness (QED) is 0.410. The summed E-state index contributed by atoms with van der Waals surface area (Å²) in [5.41, 5.74) is 1.09. The lowest BCUT2D eigenvalue weighted by Gasteiger charge is -2.32. The number of nitrogens with zero attached hydrogens (tertiary/aromatic N) is 3. The number of nitrogens with one attached hydrogen (secondary N) is 2. The van der Waals surface area contributed by atoms with Crippen LogP contribution in [0.15, 0.2) is 23.3 Å². The highest BCUT2D eigenvalue weighted by molar-refractivity contribution is 14.0. The molecule has 1 fully saturated rings. The van der Waals surface area contributed by atoms with Crippen molar-refractivity contribution in [1.29, 1.82) is 0 Å². The van der Waals surface area contributed by atoms with E-state index in [1.807, 2.05) is 6.20 Å². The number of guanidine groups is 1. The van der Waals surface area contributed by atoms with Crippen LogP contribution in [0.1, 0.15) is 40.2 Å². The van der Waals surface area contributed by atoms with Crippen molar-refractivity contribution in [1.82, 2.24) is 15.6 Å². The molecule has 0 amide bonds. The van der Waals surface area contributed by atoms with Crippen molar-refractivity contribution < 1.29 is 4.74 Å². The molecule has 2 heterocycles. The lowest BCUT2D eigenvalue weighted by atomic mass is 10.1. The minimum atomic E-state index is -0.0177. The van der Waals surface area contributed by atoms with Crippen LogP contribution in [0.5, 0.6) is 0 Å². The smallest absolute Gasteiger partial charge is 0.191 e. The van der Waals surface area contributed by atoms with Gasteiger partial charge in [0.05, 0.1) is 19.3 Å². The molecule has 0 aromatic carbocycles. The second-order valence-electron chi connectivity index (χ2n) is 7.22. The second-order valence-corrected chi connectivity index (χ2v) is 7.22. The monoisotopic (exact) mass is 461 g/mol. The molecule has 1 aromatic heterocycles. The van der Waals surface area contributed by atoms with E-state index < -0.39 is 0 Å². The van der Waals surface area contributed by atoms with Gasteiger partial charge < -0.3 is 20.3 Å². The minimum absolute atomic E-state index is 0. The van der Waals surface area contributed by atoms with E-state index in [9.17, 15) is 0 Å². The van der Waals surface area contributed by atoms with E-state index in [0.29, 0.717) is 6.54 Å². The summed E-state index contributed by atoms with van der Waals surface area (Å²) >= 11 is 0. The molecule has 0 saturated carbocycles. The summed E-state index contributed by atoms with van der Waals surface area (Å²) in [5.74, 6) is 1.84. The summed E-state index contributed by atoms with van der Waals surface area (Å²) in [4.78, 5) is 11.5. The zero-order valence-corrected chi connectivity index (χ0v) is 18.3. The summed E-state index contributed by atoms with van der Waals surface area (Å²) in [6, 6.07) is 4.18. The van der Waals surface area contributed by atoms with Crippen LogP contribution >= 0.6 is 24.0 Å². The number of aliphatic imine (C=N–C) groups is 1. The van der Waals surface area contributed by atoms with Crippen LogP contribution in [0.2, 0.25) is 0 Å². The Hall–Kier alpha value is -1.09. The molecule has 6 nitrogen and oxygen atoms in total. The van der Waals surface area contributed by atoms with Crippen LogP contribution in [0.4, 0.5) is 5.82 Å². The highest BCUT2D eigenvalue weighted by Gasteiger charge is 2.17. The first-order valence-electron chi connectivity index (χ1n) is 8.75. The third kappa shape index (κ3) is 7.77. The molecule has 1 saturated heterocycles. The number of anilines is 1. The van der Waals surface area contributed by atoms with Crippen LogP contribution in [0.25, 0.3) is 0 Å². The number of ether oxygens (including phenoxy) is 1. The lowest BCUT2D eigenvalue weighted by Crippen LogP contribution is -2.47. The Bertz CT molecular complexity index is 541. The molecule has 2 N–H and O–H groups in total. The first-order chi connectivity index (χ1) is 11.4. The Labute approximate surface area is 168 Å². The van der Waals surface area contributed by atoms with Crippen molar-refractivity contribution in [2.75, 3.05) is 31.1 Å². The molecule has 7 heteroatoms. The maximum atomic E-state index is 5.58. The van der Waals surface area contributed by atoms with E-state index in [2.05, 4.69) is 72.3 Å². The van der Waals surface area contributed by atoms with Crippen LogP contribution in [0.3, 0.4) is 0 Å². The normalized spacial score (nSPS) is 18.5. The van der Waals surface area contributed by atoms with E-state index >= 15 is 0 Å². The van der Waals surface area contributed by atoms with E-state index in [0.717, 1.165) is 43.6 Å². The van der Waals surface area contributed by atoms with Gasteiger partial charge >= 0.3 is 0 Å². The predicted octanol–water partition coefficient (Wildman–Crippen LogP) is 2.78. The van der Waals surface area contributed by atoms with Gasteiger partial charge in [0.2, 0.25) is 0 Å². The highest BCUT2D eigenvalue weighted by Crippen LogP contribution is 2.15. The fourth-order valence-electron chi connectivity index (χ4n) is 2.56. The summed E-state index contributed by atoms with van der Waals surface area (Å²) in [6.07, 6.45) is 2.18. The number of morpholine rings is 1. The molecule has 0 spiro atoms. The summed E-state index contributed by atoms with van der Waals surface area (Å²) in [6.45, 7) is 14.5. The molecule has 1 atom stereocenters. The molecule has 0 bridgehead atoms. The lowest BCUT2D eigenvalue weighted by molar-refractivity contribution is 0.0529. The number of hydrogen-bond donors (Lipinski definition) is 2. The Balaban J connectivity index is 0.00000312. The Kier molecular flexibility index (Phi) is 8.92. The largest absolute Gasteiger partial charge is 0.375 e. The fraction of sp³-hybridized carbons (Fsp3) is 0.667. The first-order valence-corrected chi connectivity index (χ1v) is 8.75. The molecule has 0 radical (unpaired) electrons. The number of rotatable bonds is 4. The molecule has 1 aliphatic heterocycles. The average Bonchev–Trinajstić information content (AvgIpc) is 2.52. The van der Waals surface area contributed by atoms with Gasteiger partial charge in [-0.3, -0.25) is 0 Å². The third-order valence-corrected chi connectivity index (χ3v) is 3.63. The standard InChI is InChI=1S/C18H31N5O.HI/c1-6-19-17(22-18(3,4)5)21-12-15-7-8-16(20-11-15)23-9-10-24-14(2)13-23;/h7-8,11,14H,6,9-10,12-13H2,1-5H3,(H2,19,21,22);1H. The molecule has 1 unspecified atom stereocenters. The van der Waals surface area contributed by atoms with Gasteiger partial charge in [-0.15, -0.1) is 24.0 Å². The molecular formula is C18H32IN5O. The third-order valence-electron chi connectivity index (χ3n) is 3.63. The number of hydrogen-bond acceptors (Lipinski definition) is 4. The summed E-state index contributed by atoms with van der Waals surface area (Å²) in [5, 5.41) is 6.67. The zero-order chi connectivity index (χ0) is 17.6. The van der Waals surface area contributed by atoms with Gasteiger partial charge in [-0.1, -0.05) is 6.07 Å². The summed E-state index contributed by atoms with van der Waals surface area (Å²) in [7, 11) is 0. The predicted molar refractivity (Wildman–Crippen MR) is 115 cm³/mol. The minimum Gasteiger partial charge on any atom is -0.375 e. The molecule has 2 rings (SSSR count). The van der Waals surface area contributed by atoms with E-state index in [-0.39, 0.29) is 35.6 Å². The van der Waals surface area contributed by atoms with Gasteiger partial charge in [-0.25, -0.2) is 9.98 Å². The van der Waals surface area contributed by atoms with Crippen molar-refractivity contribution >= 4 is 35.8 Å². The van der Waals surface area contributed by atoms with Crippen molar-refractivity contribution in [2.24, 2.45) is 4.99 Å². The van der Waals surface area contributed by atoms with Crippen molar-refractivity contribution in [3.8, 4) is 0 Å². The Morgan fingerprint density at radius 2 is 2.16 bits per heavy atom. The average molecular weight is 461 g/mol.